The molecule has 1 fully saturated rings. The average Bonchev–Trinajstić information content (AvgIpc) is 3.15. The van der Waals surface area contributed by atoms with E-state index < -0.39 is 0 Å². The van der Waals surface area contributed by atoms with Crippen molar-refractivity contribution in [2.24, 2.45) is 16.4 Å². The van der Waals surface area contributed by atoms with Crippen molar-refractivity contribution >= 4 is 11.6 Å². The van der Waals surface area contributed by atoms with Crippen molar-refractivity contribution < 1.29 is 4.79 Å². The predicted molar refractivity (Wildman–Crippen MR) is 78.0 cm³/mol. The molecule has 0 spiro atoms. The minimum atomic E-state index is -0.00430. The second-order valence-corrected chi connectivity index (χ2v) is 6.28. The number of nitrogens with zero attached hydrogens (tertiary/aromatic N) is 1. The van der Waals surface area contributed by atoms with Gasteiger partial charge in [0.1, 0.15) is 0 Å². The SMILES string of the molecule is C/C(=N/NC(=O)[C@@H]1C[C@H]1c1ccccc1)C(C)(C)C. The molecule has 3 heteroatoms. The van der Waals surface area contributed by atoms with Crippen LogP contribution in [0, 0.1) is 11.3 Å². The highest BCUT2D eigenvalue weighted by atomic mass is 16.2. The first kappa shape index (κ1) is 13.8. The highest BCUT2D eigenvalue weighted by molar-refractivity contribution is 5.89. The van der Waals surface area contributed by atoms with E-state index in [9.17, 15) is 4.79 Å². The van der Waals surface area contributed by atoms with Crippen LogP contribution < -0.4 is 5.43 Å². The van der Waals surface area contributed by atoms with Crippen LogP contribution in [0.25, 0.3) is 0 Å². The normalized spacial score (nSPS) is 23.1. The number of hydrazone groups is 1. The molecule has 3 nitrogen and oxygen atoms in total. The molecule has 1 N–H and O–H groups in total. The van der Waals surface area contributed by atoms with Crippen LogP contribution in [0.15, 0.2) is 35.4 Å². The van der Waals surface area contributed by atoms with Crippen LogP contribution in [0.5, 0.6) is 0 Å². The molecule has 1 aromatic carbocycles. The molecule has 2 rings (SSSR count). The maximum Gasteiger partial charge on any atom is 0.243 e. The largest absolute Gasteiger partial charge is 0.273 e. The van der Waals surface area contributed by atoms with Crippen molar-refractivity contribution in [1.82, 2.24) is 5.43 Å². The summed E-state index contributed by atoms with van der Waals surface area (Å²) in [4.78, 5) is 12.0. The van der Waals surface area contributed by atoms with Gasteiger partial charge < -0.3 is 0 Å². The minimum absolute atomic E-state index is 0.00430. The average molecular weight is 258 g/mol. The fraction of sp³-hybridized carbons (Fsp3) is 0.500. The second kappa shape index (κ2) is 5.16. The summed E-state index contributed by atoms with van der Waals surface area (Å²) >= 11 is 0. The molecular formula is C16H22N2O. The molecule has 0 aliphatic heterocycles. The highest BCUT2D eigenvalue weighted by Crippen LogP contribution is 2.47. The lowest BCUT2D eigenvalue weighted by Gasteiger charge is -2.17. The summed E-state index contributed by atoms with van der Waals surface area (Å²) in [7, 11) is 0. The summed E-state index contributed by atoms with van der Waals surface area (Å²) in [6.07, 6.45) is 0.930. The second-order valence-electron chi connectivity index (χ2n) is 6.28. The molecule has 1 aliphatic carbocycles. The van der Waals surface area contributed by atoms with E-state index in [0.29, 0.717) is 5.92 Å². The van der Waals surface area contributed by atoms with E-state index in [-0.39, 0.29) is 17.2 Å². The van der Waals surface area contributed by atoms with Crippen LogP contribution in [0.4, 0.5) is 0 Å². The smallest absolute Gasteiger partial charge is 0.243 e. The summed E-state index contributed by atoms with van der Waals surface area (Å²) in [6, 6.07) is 10.2. The maximum atomic E-state index is 12.0. The van der Waals surface area contributed by atoms with Gasteiger partial charge in [-0.3, -0.25) is 4.79 Å². The Bertz CT molecular complexity index is 485. The molecular weight excluding hydrogens is 236 g/mol. The quantitative estimate of drug-likeness (QED) is 0.655. The number of nitrogens with one attached hydrogen (secondary N) is 1. The number of carbonyl (C=O) groups is 1. The zero-order valence-corrected chi connectivity index (χ0v) is 12.1. The third-order valence-corrected chi connectivity index (χ3v) is 3.77. The lowest BCUT2D eigenvalue weighted by molar-refractivity contribution is -0.122. The van der Waals surface area contributed by atoms with E-state index in [4.69, 9.17) is 0 Å². The van der Waals surface area contributed by atoms with Crippen LogP contribution in [0.3, 0.4) is 0 Å². The van der Waals surface area contributed by atoms with E-state index in [1.165, 1.54) is 5.56 Å². The zero-order valence-electron chi connectivity index (χ0n) is 12.1. The zero-order chi connectivity index (χ0) is 14.0. The number of rotatable bonds is 3. The number of benzene rings is 1. The van der Waals surface area contributed by atoms with Gasteiger partial charge in [0.05, 0.1) is 0 Å². The van der Waals surface area contributed by atoms with Crippen molar-refractivity contribution in [2.45, 2.75) is 40.0 Å². The van der Waals surface area contributed by atoms with E-state index in [1.54, 1.807) is 0 Å². The Kier molecular flexibility index (Phi) is 3.74. The lowest BCUT2D eigenvalue weighted by atomic mass is 9.91. The van der Waals surface area contributed by atoms with Crippen LogP contribution in [0.1, 0.15) is 45.6 Å². The third-order valence-electron chi connectivity index (χ3n) is 3.77. The Labute approximate surface area is 115 Å². The Morgan fingerprint density at radius 1 is 1.26 bits per heavy atom. The van der Waals surface area contributed by atoms with Crippen LogP contribution in [-0.2, 0) is 4.79 Å². The summed E-state index contributed by atoms with van der Waals surface area (Å²) in [6.45, 7) is 8.20. The first-order valence-corrected chi connectivity index (χ1v) is 6.79. The first-order valence-electron chi connectivity index (χ1n) is 6.79. The van der Waals surface area contributed by atoms with Crippen molar-refractivity contribution in [3.63, 3.8) is 0 Å². The van der Waals surface area contributed by atoms with Crippen molar-refractivity contribution in [2.75, 3.05) is 0 Å². The van der Waals surface area contributed by atoms with Gasteiger partial charge in [-0.15, -0.1) is 0 Å². The van der Waals surface area contributed by atoms with Crippen LogP contribution in [0.2, 0.25) is 0 Å². The standard InChI is InChI=1S/C16H22N2O/c1-11(16(2,3)4)17-18-15(19)14-10-13(14)12-8-6-5-7-9-12/h5-9,13-14H,10H2,1-4H3,(H,18,19)/b17-11-/t13-,14+/m0/s1. The molecule has 1 saturated carbocycles. The molecule has 0 bridgehead atoms. The van der Waals surface area contributed by atoms with Crippen LogP contribution >= 0.6 is 0 Å². The first-order chi connectivity index (χ1) is 8.89. The predicted octanol–water partition coefficient (Wildman–Crippen LogP) is 3.33. The summed E-state index contributed by atoms with van der Waals surface area (Å²) in [5.74, 6) is 0.489. The molecule has 1 aromatic rings. The molecule has 102 valence electrons. The van der Waals surface area contributed by atoms with Crippen molar-refractivity contribution in [3.8, 4) is 0 Å². The molecule has 0 aromatic heterocycles. The lowest BCUT2D eigenvalue weighted by Crippen LogP contribution is -2.25. The monoisotopic (exact) mass is 258 g/mol. The van der Waals surface area contributed by atoms with E-state index in [1.807, 2.05) is 25.1 Å². The Morgan fingerprint density at radius 3 is 2.47 bits per heavy atom. The fourth-order valence-corrected chi connectivity index (χ4v) is 1.94. The molecule has 1 amide bonds. The number of carbonyl (C=O) groups excluding carboxylic acids is 1. The molecule has 2 atom stereocenters. The van der Waals surface area contributed by atoms with Gasteiger partial charge in [0.25, 0.3) is 0 Å². The van der Waals surface area contributed by atoms with Gasteiger partial charge in [-0.1, -0.05) is 51.1 Å². The summed E-state index contributed by atoms with van der Waals surface area (Å²) < 4.78 is 0. The molecule has 0 unspecified atom stereocenters. The van der Waals surface area contributed by atoms with Gasteiger partial charge in [0.2, 0.25) is 5.91 Å². The topological polar surface area (TPSA) is 41.5 Å². The van der Waals surface area contributed by atoms with Crippen molar-refractivity contribution in [1.29, 1.82) is 0 Å². The molecule has 1 aliphatic rings. The van der Waals surface area contributed by atoms with Crippen LogP contribution in [-0.4, -0.2) is 11.6 Å². The van der Waals surface area contributed by atoms with Gasteiger partial charge >= 0.3 is 0 Å². The fourth-order valence-electron chi connectivity index (χ4n) is 1.94. The third kappa shape index (κ3) is 3.43. The summed E-state index contributed by atoms with van der Waals surface area (Å²) in [5.41, 5.74) is 4.89. The van der Waals surface area contributed by atoms with E-state index >= 15 is 0 Å². The van der Waals surface area contributed by atoms with Crippen molar-refractivity contribution in [3.05, 3.63) is 35.9 Å². The molecule has 0 saturated heterocycles. The van der Waals surface area contributed by atoms with Gasteiger partial charge in [-0.25, -0.2) is 5.43 Å². The number of hydrogen-bond donors (Lipinski definition) is 1. The van der Waals surface area contributed by atoms with Gasteiger partial charge in [0.15, 0.2) is 0 Å². The van der Waals surface area contributed by atoms with Gasteiger partial charge in [-0.05, 0) is 24.8 Å². The Morgan fingerprint density at radius 2 is 1.89 bits per heavy atom. The number of amides is 1. The van der Waals surface area contributed by atoms with E-state index in [0.717, 1.165) is 12.1 Å². The van der Waals surface area contributed by atoms with Gasteiger partial charge in [-0.2, -0.15) is 5.10 Å². The summed E-state index contributed by atoms with van der Waals surface area (Å²) in [5, 5.41) is 4.20. The maximum absolute atomic E-state index is 12.0. The van der Waals surface area contributed by atoms with Gasteiger partial charge in [0, 0.05) is 17.0 Å². The Hall–Kier alpha value is -1.64. The minimum Gasteiger partial charge on any atom is -0.273 e. The molecule has 19 heavy (non-hydrogen) atoms. The molecule has 0 radical (unpaired) electrons. The highest BCUT2D eigenvalue weighted by Gasteiger charge is 2.43. The number of hydrogen-bond acceptors (Lipinski definition) is 2. The molecule has 0 heterocycles. The van der Waals surface area contributed by atoms with E-state index in [2.05, 4.69) is 43.4 Å². The Balaban J connectivity index is 1.91.